The van der Waals surface area contributed by atoms with Crippen molar-refractivity contribution in [3.8, 4) is 0 Å². The number of hydrogen-bond acceptors (Lipinski definition) is 1. The predicted octanol–water partition coefficient (Wildman–Crippen LogP) is 1.64. The molecular formula is C9H15NSi. The van der Waals surface area contributed by atoms with Gasteiger partial charge in [0.2, 0.25) is 0 Å². The highest BCUT2D eigenvalue weighted by molar-refractivity contribution is 6.39. The molecular weight excluding hydrogens is 150 g/mol. The van der Waals surface area contributed by atoms with Crippen molar-refractivity contribution in [2.45, 2.75) is 13.5 Å². The van der Waals surface area contributed by atoms with E-state index in [1.54, 1.807) is 0 Å². The zero-order chi connectivity index (χ0) is 8.10. The molecule has 1 nitrogen and oxygen atoms in total. The minimum atomic E-state index is -0.0370. The number of hydrogen-bond donors (Lipinski definition) is 0. The maximum absolute atomic E-state index is 2.47. The van der Waals surface area contributed by atoms with E-state index in [1.807, 2.05) is 0 Å². The van der Waals surface area contributed by atoms with Gasteiger partial charge < -0.3 is 4.57 Å². The first-order valence-electron chi connectivity index (χ1n) is 4.18. The van der Waals surface area contributed by atoms with E-state index in [4.69, 9.17) is 0 Å². The number of nitrogens with zero attached hydrogens (tertiary/aromatic N) is 1. The summed E-state index contributed by atoms with van der Waals surface area (Å²) in [5, 5.41) is 0. The monoisotopic (exact) mass is 165 g/mol. The summed E-state index contributed by atoms with van der Waals surface area (Å²) >= 11 is 0. The molecule has 1 aromatic carbocycles. The minimum absolute atomic E-state index is 0.0370. The summed E-state index contributed by atoms with van der Waals surface area (Å²) in [4.78, 5) is 0. The van der Waals surface area contributed by atoms with Gasteiger partial charge in [0.1, 0.15) is 9.68 Å². The van der Waals surface area contributed by atoms with Crippen molar-refractivity contribution in [2.24, 2.45) is 0 Å². The largest absolute Gasteiger partial charge is 0.404 e. The Morgan fingerprint density at radius 2 is 1.91 bits per heavy atom. The lowest BCUT2D eigenvalue weighted by atomic mass is 10.3. The zero-order valence-electron chi connectivity index (χ0n) is 7.25. The Bertz CT molecular complexity index is 194. The van der Waals surface area contributed by atoms with Gasteiger partial charge in [-0.2, -0.15) is 0 Å². The molecule has 60 valence electrons. The van der Waals surface area contributed by atoms with Crippen LogP contribution in [0.2, 0.25) is 6.55 Å². The molecule has 0 saturated carbocycles. The Morgan fingerprint density at radius 1 is 1.27 bits per heavy atom. The molecule has 0 N–H and O–H groups in total. The van der Waals surface area contributed by atoms with Crippen LogP contribution in [0.15, 0.2) is 30.3 Å². The molecule has 1 aromatic rings. The molecule has 0 fully saturated rings. The van der Waals surface area contributed by atoms with Gasteiger partial charge in [0.15, 0.2) is 0 Å². The molecule has 0 saturated heterocycles. The van der Waals surface area contributed by atoms with E-state index in [0.717, 1.165) is 6.54 Å². The lowest BCUT2D eigenvalue weighted by Crippen LogP contribution is -2.24. The summed E-state index contributed by atoms with van der Waals surface area (Å²) in [6, 6.07) is 10.6. The Labute approximate surface area is 70.9 Å². The summed E-state index contributed by atoms with van der Waals surface area (Å²) in [6.45, 7) is 5.67. The lowest BCUT2D eigenvalue weighted by molar-refractivity contribution is 1.09. The van der Waals surface area contributed by atoms with Gasteiger partial charge in [0.25, 0.3) is 0 Å². The Hall–Kier alpha value is -0.763. The van der Waals surface area contributed by atoms with Crippen molar-refractivity contribution < 1.29 is 0 Å². The van der Waals surface area contributed by atoms with Gasteiger partial charge in [-0.3, -0.25) is 0 Å². The highest BCUT2D eigenvalue weighted by atomic mass is 28.2. The van der Waals surface area contributed by atoms with E-state index in [9.17, 15) is 0 Å². The maximum Gasteiger partial charge on any atom is 0.121 e. The quantitative estimate of drug-likeness (QED) is 0.616. The number of benzene rings is 1. The fourth-order valence-electron chi connectivity index (χ4n) is 1.23. The molecule has 0 atom stereocenters. The van der Waals surface area contributed by atoms with Gasteiger partial charge >= 0.3 is 0 Å². The first kappa shape index (κ1) is 8.33. The van der Waals surface area contributed by atoms with Crippen LogP contribution in [0.25, 0.3) is 0 Å². The number of rotatable bonds is 3. The van der Waals surface area contributed by atoms with Crippen molar-refractivity contribution in [2.75, 3.05) is 11.1 Å². The van der Waals surface area contributed by atoms with Gasteiger partial charge in [-0.1, -0.05) is 24.7 Å². The third-order valence-electron chi connectivity index (χ3n) is 1.88. The zero-order valence-corrected chi connectivity index (χ0v) is 8.66. The molecule has 0 aliphatic heterocycles. The normalized spacial score (nSPS) is 10.7. The predicted molar refractivity (Wildman–Crippen MR) is 53.9 cm³/mol. The lowest BCUT2D eigenvalue weighted by Gasteiger charge is -2.20. The van der Waals surface area contributed by atoms with Gasteiger partial charge in [-0.25, -0.2) is 0 Å². The maximum atomic E-state index is 2.47. The number of anilines is 1. The van der Waals surface area contributed by atoms with Gasteiger partial charge in [0.05, 0.1) is 0 Å². The fourth-order valence-corrected chi connectivity index (χ4v) is 2.25. The van der Waals surface area contributed by atoms with E-state index >= 15 is 0 Å². The molecule has 0 amide bonds. The van der Waals surface area contributed by atoms with Gasteiger partial charge in [-0.05, 0) is 19.1 Å². The Balaban J connectivity index is 2.74. The van der Waals surface area contributed by atoms with Crippen LogP contribution in [0.1, 0.15) is 6.92 Å². The van der Waals surface area contributed by atoms with Crippen LogP contribution in [0.3, 0.4) is 0 Å². The van der Waals surface area contributed by atoms with Crippen LogP contribution in [0.5, 0.6) is 0 Å². The SMILES string of the molecule is CCN([SiH2]C)c1ccccc1. The summed E-state index contributed by atoms with van der Waals surface area (Å²) in [6.07, 6.45) is 0. The van der Waals surface area contributed by atoms with Gasteiger partial charge in [0, 0.05) is 12.2 Å². The topological polar surface area (TPSA) is 3.24 Å². The molecule has 0 radical (unpaired) electrons. The summed E-state index contributed by atoms with van der Waals surface area (Å²) in [5.41, 5.74) is 1.38. The van der Waals surface area contributed by atoms with Crippen LogP contribution in [0, 0.1) is 0 Å². The van der Waals surface area contributed by atoms with E-state index in [2.05, 4.69) is 48.4 Å². The molecule has 0 aromatic heterocycles. The third-order valence-corrected chi connectivity index (χ3v) is 3.46. The van der Waals surface area contributed by atoms with E-state index in [1.165, 1.54) is 5.69 Å². The van der Waals surface area contributed by atoms with Crippen LogP contribution in [-0.4, -0.2) is 16.2 Å². The molecule has 0 spiro atoms. The van der Waals surface area contributed by atoms with Crippen molar-refractivity contribution >= 4 is 15.4 Å². The fraction of sp³-hybridized carbons (Fsp3) is 0.333. The molecule has 0 aliphatic carbocycles. The van der Waals surface area contributed by atoms with Crippen LogP contribution < -0.4 is 4.57 Å². The smallest absolute Gasteiger partial charge is 0.121 e. The third kappa shape index (κ3) is 2.08. The second-order valence-electron chi connectivity index (χ2n) is 2.51. The molecule has 0 aliphatic rings. The van der Waals surface area contributed by atoms with Crippen molar-refractivity contribution in [1.29, 1.82) is 0 Å². The van der Waals surface area contributed by atoms with E-state index < -0.39 is 0 Å². The van der Waals surface area contributed by atoms with Crippen LogP contribution >= 0.6 is 0 Å². The highest BCUT2D eigenvalue weighted by Gasteiger charge is 1.97. The molecule has 2 heteroatoms. The van der Waals surface area contributed by atoms with Crippen LogP contribution in [-0.2, 0) is 0 Å². The molecule has 0 unspecified atom stereocenters. The first-order chi connectivity index (χ1) is 5.38. The summed E-state index contributed by atoms with van der Waals surface area (Å²) in [7, 11) is -0.0370. The van der Waals surface area contributed by atoms with Crippen molar-refractivity contribution in [1.82, 2.24) is 0 Å². The Kier molecular flexibility index (Phi) is 3.17. The van der Waals surface area contributed by atoms with Crippen LogP contribution in [0.4, 0.5) is 5.69 Å². The summed E-state index contributed by atoms with van der Waals surface area (Å²) in [5.74, 6) is 0. The highest BCUT2D eigenvalue weighted by Crippen LogP contribution is 2.10. The molecule has 11 heavy (non-hydrogen) atoms. The van der Waals surface area contributed by atoms with E-state index in [-0.39, 0.29) is 9.68 Å². The summed E-state index contributed by atoms with van der Waals surface area (Å²) < 4.78 is 2.47. The van der Waals surface area contributed by atoms with Gasteiger partial charge in [-0.15, -0.1) is 0 Å². The molecule has 0 bridgehead atoms. The average Bonchev–Trinajstić information content (AvgIpc) is 2.09. The van der Waals surface area contributed by atoms with Crippen molar-refractivity contribution in [3.05, 3.63) is 30.3 Å². The second kappa shape index (κ2) is 4.19. The second-order valence-corrected chi connectivity index (χ2v) is 3.90. The average molecular weight is 165 g/mol. The van der Waals surface area contributed by atoms with Crippen molar-refractivity contribution in [3.63, 3.8) is 0 Å². The van der Waals surface area contributed by atoms with E-state index in [0.29, 0.717) is 0 Å². The number of para-hydroxylation sites is 1. The molecule has 0 heterocycles. The minimum Gasteiger partial charge on any atom is -0.404 e. The first-order valence-corrected chi connectivity index (χ1v) is 6.23. The standard InChI is InChI=1S/C9H15NSi/c1-3-10(11-2)9-7-5-4-6-8-9/h4-8H,3,11H2,1-2H3. The Morgan fingerprint density at radius 3 is 2.36 bits per heavy atom. The molecule has 1 rings (SSSR count).